The maximum absolute atomic E-state index is 12.7. The average molecular weight is 405 g/mol. The van der Waals surface area contributed by atoms with Crippen LogP contribution in [-0.2, 0) is 9.53 Å². The highest BCUT2D eigenvalue weighted by Crippen LogP contribution is 2.23. The SMILES string of the molecule is Cc1cc(=O)oc2cc(OCC(=O)O[C@H](C)C(=O)c3c[nH]c4ccccc34)ccc12. The van der Waals surface area contributed by atoms with Crippen LogP contribution >= 0.6 is 0 Å². The summed E-state index contributed by atoms with van der Waals surface area (Å²) >= 11 is 0. The minimum Gasteiger partial charge on any atom is -0.482 e. The number of esters is 1. The minimum atomic E-state index is -0.961. The molecule has 0 spiro atoms. The van der Waals surface area contributed by atoms with Gasteiger partial charge in [0.2, 0.25) is 5.78 Å². The summed E-state index contributed by atoms with van der Waals surface area (Å²) < 4.78 is 15.8. The molecule has 0 saturated carbocycles. The Morgan fingerprint density at radius 3 is 2.73 bits per heavy atom. The molecule has 0 aliphatic rings. The van der Waals surface area contributed by atoms with Crippen molar-refractivity contribution in [1.29, 1.82) is 0 Å². The maximum atomic E-state index is 12.7. The molecule has 1 atom stereocenters. The number of carbonyl (C=O) groups is 2. The number of Topliss-reactive ketones (excluding diaryl/α,β-unsaturated/α-hetero) is 1. The third-order valence-corrected chi connectivity index (χ3v) is 4.81. The largest absolute Gasteiger partial charge is 0.482 e. The molecule has 0 bridgehead atoms. The lowest BCUT2D eigenvalue weighted by Gasteiger charge is -2.13. The fourth-order valence-electron chi connectivity index (χ4n) is 3.32. The number of H-pyrrole nitrogens is 1. The number of aromatic amines is 1. The monoisotopic (exact) mass is 405 g/mol. The number of aromatic nitrogens is 1. The van der Waals surface area contributed by atoms with E-state index in [0.29, 0.717) is 16.9 Å². The van der Waals surface area contributed by atoms with Crippen molar-refractivity contribution in [3.05, 3.63) is 76.3 Å². The van der Waals surface area contributed by atoms with Crippen molar-refractivity contribution in [3.63, 3.8) is 0 Å². The van der Waals surface area contributed by atoms with E-state index in [1.54, 1.807) is 18.3 Å². The van der Waals surface area contributed by atoms with E-state index in [9.17, 15) is 14.4 Å². The Morgan fingerprint density at radius 2 is 1.90 bits per heavy atom. The number of aryl methyl sites for hydroxylation is 1. The van der Waals surface area contributed by atoms with Gasteiger partial charge in [-0.3, -0.25) is 4.79 Å². The molecule has 2 aromatic carbocycles. The summed E-state index contributed by atoms with van der Waals surface area (Å²) in [6.45, 7) is 2.95. The number of hydrogen-bond donors (Lipinski definition) is 1. The zero-order valence-electron chi connectivity index (χ0n) is 16.4. The normalized spacial score (nSPS) is 12.1. The first-order chi connectivity index (χ1) is 14.4. The van der Waals surface area contributed by atoms with E-state index in [4.69, 9.17) is 13.9 Å². The van der Waals surface area contributed by atoms with E-state index in [1.165, 1.54) is 19.1 Å². The molecule has 2 aromatic heterocycles. The highest BCUT2D eigenvalue weighted by molar-refractivity contribution is 6.10. The fourth-order valence-corrected chi connectivity index (χ4v) is 3.32. The van der Waals surface area contributed by atoms with Crippen LogP contribution in [0.15, 0.2) is 63.9 Å². The fraction of sp³-hybridized carbons (Fsp3) is 0.174. The van der Waals surface area contributed by atoms with Crippen molar-refractivity contribution >= 4 is 33.6 Å². The third kappa shape index (κ3) is 3.82. The number of hydrogen-bond acceptors (Lipinski definition) is 6. The molecule has 0 aliphatic carbocycles. The predicted molar refractivity (Wildman–Crippen MR) is 111 cm³/mol. The minimum absolute atomic E-state index is 0.302. The van der Waals surface area contributed by atoms with Gasteiger partial charge >= 0.3 is 11.6 Å². The molecule has 0 fully saturated rings. The summed E-state index contributed by atoms with van der Waals surface area (Å²) in [6.07, 6.45) is 0.649. The van der Waals surface area contributed by atoms with E-state index < -0.39 is 17.7 Å². The Balaban J connectivity index is 1.40. The standard InChI is InChI=1S/C23H19NO6/c1-13-9-21(25)30-20-10-15(7-8-16(13)20)28-12-22(26)29-14(2)23(27)18-11-24-19-6-4-3-5-17(18)19/h3-11,14,24H,12H2,1-2H3/t14-/m1/s1. The first kappa shape index (κ1) is 19.4. The molecule has 0 radical (unpaired) electrons. The first-order valence-corrected chi connectivity index (χ1v) is 9.39. The molecule has 7 nitrogen and oxygen atoms in total. The maximum Gasteiger partial charge on any atom is 0.344 e. The van der Waals surface area contributed by atoms with Gasteiger partial charge in [0.25, 0.3) is 0 Å². The molecule has 0 saturated heterocycles. The zero-order valence-corrected chi connectivity index (χ0v) is 16.4. The van der Waals surface area contributed by atoms with Crippen LogP contribution in [0, 0.1) is 6.92 Å². The van der Waals surface area contributed by atoms with Gasteiger partial charge in [0.1, 0.15) is 11.3 Å². The highest BCUT2D eigenvalue weighted by Gasteiger charge is 2.22. The van der Waals surface area contributed by atoms with Crippen molar-refractivity contribution in [1.82, 2.24) is 4.98 Å². The smallest absolute Gasteiger partial charge is 0.344 e. The van der Waals surface area contributed by atoms with Crippen LogP contribution in [0.25, 0.3) is 21.9 Å². The number of para-hydroxylation sites is 1. The third-order valence-electron chi connectivity index (χ3n) is 4.81. The average Bonchev–Trinajstić information content (AvgIpc) is 3.15. The number of fused-ring (bicyclic) bond motifs is 2. The van der Waals surface area contributed by atoms with Gasteiger partial charge in [0.05, 0.1) is 0 Å². The second kappa shape index (κ2) is 7.87. The number of nitrogens with one attached hydrogen (secondary N) is 1. The van der Waals surface area contributed by atoms with Crippen LogP contribution in [0.5, 0.6) is 5.75 Å². The van der Waals surface area contributed by atoms with Gasteiger partial charge in [-0.25, -0.2) is 9.59 Å². The number of rotatable bonds is 6. The Labute approximate surface area is 171 Å². The van der Waals surface area contributed by atoms with Crippen molar-refractivity contribution in [2.24, 2.45) is 0 Å². The lowest BCUT2D eigenvalue weighted by molar-refractivity contribution is -0.148. The number of ether oxygens (including phenoxy) is 2. The Morgan fingerprint density at radius 1 is 1.10 bits per heavy atom. The van der Waals surface area contributed by atoms with E-state index >= 15 is 0 Å². The summed E-state index contributed by atoms with van der Waals surface area (Å²) in [6, 6.07) is 13.8. The summed E-state index contributed by atoms with van der Waals surface area (Å²) in [7, 11) is 0. The van der Waals surface area contributed by atoms with Crippen LogP contribution in [0.1, 0.15) is 22.8 Å². The first-order valence-electron chi connectivity index (χ1n) is 9.39. The summed E-state index contributed by atoms with van der Waals surface area (Å²) in [5.74, 6) is -0.631. The van der Waals surface area contributed by atoms with Crippen molar-refractivity contribution in [3.8, 4) is 5.75 Å². The number of ketones is 1. The second-order valence-corrected chi connectivity index (χ2v) is 6.94. The van der Waals surface area contributed by atoms with E-state index in [0.717, 1.165) is 21.9 Å². The Hall–Kier alpha value is -3.87. The summed E-state index contributed by atoms with van der Waals surface area (Å²) in [4.78, 5) is 39.4. The van der Waals surface area contributed by atoms with Crippen LogP contribution in [-0.4, -0.2) is 29.4 Å². The molecule has 0 amide bonds. The molecular formula is C23H19NO6. The lowest BCUT2D eigenvalue weighted by atomic mass is 10.1. The molecule has 4 rings (SSSR count). The summed E-state index contributed by atoms with van der Waals surface area (Å²) in [5, 5.41) is 1.55. The molecule has 0 aliphatic heterocycles. The lowest BCUT2D eigenvalue weighted by Crippen LogP contribution is -2.27. The van der Waals surface area contributed by atoms with Gasteiger partial charge in [0.15, 0.2) is 12.7 Å². The Bertz CT molecular complexity index is 1320. The van der Waals surface area contributed by atoms with E-state index in [-0.39, 0.29) is 12.4 Å². The van der Waals surface area contributed by atoms with Crippen LogP contribution in [0.4, 0.5) is 0 Å². The van der Waals surface area contributed by atoms with Crippen molar-refractivity contribution < 1.29 is 23.5 Å². The number of carbonyl (C=O) groups excluding carboxylic acids is 2. The molecule has 30 heavy (non-hydrogen) atoms. The topological polar surface area (TPSA) is 98.6 Å². The molecule has 1 N–H and O–H groups in total. The number of benzene rings is 2. The van der Waals surface area contributed by atoms with Gasteiger partial charge in [-0.1, -0.05) is 18.2 Å². The predicted octanol–water partition coefficient (Wildman–Crippen LogP) is 3.78. The van der Waals surface area contributed by atoms with Crippen LogP contribution in [0.2, 0.25) is 0 Å². The molecule has 152 valence electrons. The quantitative estimate of drug-likeness (QED) is 0.298. The Kier molecular flexibility index (Phi) is 5.10. The van der Waals surface area contributed by atoms with E-state index in [2.05, 4.69) is 4.98 Å². The van der Waals surface area contributed by atoms with Gasteiger partial charge in [0, 0.05) is 40.2 Å². The molecule has 4 aromatic rings. The molecule has 2 heterocycles. The summed E-state index contributed by atoms with van der Waals surface area (Å²) in [5.41, 5.74) is 2.00. The van der Waals surface area contributed by atoms with Crippen molar-refractivity contribution in [2.75, 3.05) is 6.61 Å². The van der Waals surface area contributed by atoms with Crippen LogP contribution in [0.3, 0.4) is 0 Å². The van der Waals surface area contributed by atoms with E-state index in [1.807, 2.05) is 31.2 Å². The molecule has 0 unspecified atom stereocenters. The highest BCUT2D eigenvalue weighted by atomic mass is 16.6. The van der Waals surface area contributed by atoms with Crippen LogP contribution < -0.4 is 10.4 Å². The zero-order chi connectivity index (χ0) is 21.3. The van der Waals surface area contributed by atoms with Crippen molar-refractivity contribution in [2.45, 2.75) is 20.0 Å². The van der Waals surface area contributed by atoms with Gasteiger partial charge in [-0.05, 0) is 37.6 Å². The van der Waals surface area contributed by atoms with Gasteiger partial charge < -0.3 is 18.9 Å². The second-order valence-electron chi connectivity index (χ2n) is 6.94. The molecule has 7 heteroatoms. The van der Waals surface area contributed by atoms with Gasteiger partial charge in [-0.2, -0.15) is 0 Å². The van der Waals surface area contributed by atoms with Gasteiger partial charge in [-0.15, -0.1) is 0 Å². The molecular weight excluding hydrogens is 386 g/mol.